The zero-order chi connectivity index (χ0) is 28.3. The molecule has 4 rings (SSSR count). The van der Waals surface area contributed by atoms with E-state index in [9.17, 15) is 22.8 Å². The van der Waals surface area contributed by atoms with E-state index >= 15 is 0 Å². The second-order valence-corrected chi connectivity index (χ2v) is 9.03. The van der Waals surface area contributed by atoms with E-state index in [-0.39, 0.29) is 29.0 Å². The van der Waals surface area contributed by atoms with E-state index < -0.39 is 23.5 Å². The number of anilines is 1. The zero-order valence-corrected chi connectivity index (χ0v) is 21.4. The number of hydrogen-bond acceptors (Lipinski definition) is 5. The fraction of sp³-hybridized carbons (Fsp3) is 0.296. The van der Waals surface area contributed by atoms with Gasteiger partial charge >= 0.3 is 17.9 Å². The van der Waals surface area contributed by atoms with Crippen LogP contribution in [0.2, 0.25) is 0 Å². The highest BCUT2D eigenvalue weighted by Gasteiger charge is 2.33. The molecule has 1 aliphatic carbocycles. The molecule has 0 aliphatic heterocycles. The van der Waals surface area contributed by atoms with E-state index in [1.54, 1.807) is 24.3 Å². The van der Waals surface area contributed by atoms with Gasteiger partial charge in [-0.1, -0.05) is 18.9 Å². The zero-order valence-electron chi connectivity index (χ0n) is 21.4. The van der Waals surface area contributed by atoms with E-state index in [1.807, 2.05) is 6.07 Å². The van der Waals surface area contributed by atoms with E-state index in [4.69, 9.17) is 5.26 Å². The first-order valence-electron chi connectivity index (χ1n) is 12.2. The number of hydrogen-bond donors (Lipinski definition) is 1. The number of amides is 1. The highest BCUT2D eigenvalue weighted by atomic mass is 19.4. The Hall–Kier alpha value is -4.66. The predicted octanol–water partition coefficient (Wildman–Crippen LogP) is 4.84. The van der Waals surface area contributed by atoms with Crippen molar-refractivity contribution in [2.24, 2.45) is 10.1 Å². The lowest BCUT2D eigenvalue weighted by molar-refractivity contribution is -0.137. The summed E-state index contributed by atoms with van der Waals surface area (Å²) in [5.74, 6) is 0.0524. The normalized spacial score (nSPS) is 14.2. The second-order valence-electron chi connectivity index (χ2n) is 9.03. The highest BCUT2D eigenvalue weighted by Crippen LogP contribution is 2.31. The number of imidazole rings is 1. The third kappa shape index (κ3) is 5.34. The standard InChI is InChI=1S/C27H26F3N7O2/c1-17-23(24(32-2)37(33-3)21-13-11-18(16-31)12-14-21)36(25(38)34-20-8-4-5-9-20)26(39)35(17)22-10-6-7-19(15-22)27(28,29)30/h6-7,10-15,20H,3-5,8-9H2,1-2H3,(H,34,38). The summed E-state index contributed by atoms with van der Waals surface area (Å²) in [7, 11) is 1.43. The number of carbonyl (C=O) groups is 1. The van der Waals surface area contributed by atoms with Gasteiger partial charge in [0.25, 0.3) is 0 Å². The van der Waals surface area contributed by atoms with Crippen molar-refractivity contribution < 1.29 is 18.0 Å². The number of benzene rings is 2. The van der Waals surface area contributed by atoms with E-state index in [0.29, 0.717) is 11.3 Å². The van der Waals surface area contributed by atoms with Crippen molar-refractivity contribution in [1.29, 1.82) is 5.26 Å². The molecule has 0 bridgehead atoms. The number of nitrogens with zero attached hydrogens (tertiary/aromatic N) is 6. The molecule has 2 aromatic carbocycles. The van der Waals surface area contributed by atoms with Crippen molar-refractivity contribution in [2.45, 2.75) is 44.8 Å². The first kappa shape index (κ1) is 27.4. The lowest BCUT2D eigenvalue weighted by Crippen LogP contribution is -2.43. The van der Waals surface area contributed by atoms with Gasteiger partial charge in [0.15, 0.2) is 5.84 Å². The number of carbonyl (C=O) groups excluding carboxylic acids is 1. The van der Waals surface area contributed by atoms with Gasteiger partial charge in [0.05, 0.1) is 34.3 Å². The molecule has 0 radical (unpaired) electrons. The van der Waals surface area contributed by atoms with Crippen LogP contribution in [0.3, 0.4) is 0 Å². The minimum atomic E-state index is -4.63. The second kappa shape index (κ2) is 11.0. The number of hydrazone groups is 1. The number of halogens is 3. The molecule has 0 saturated heterocycles. The monoisotopic (exact) mass is 537 g/mol. The average molecular weight is 538 g/mol. The molecule has 1 N–H and O–H groups in total. The molecule has 1 aliphatic rings. The van der Waals surface area contributed by atoms with E-state index in [0.717, 1.165) is 47.0 Å². The first-order valence-corrected chi connectivity index (χ1v) is 12.2. The SMILES string of the molecule is C=NN(C(=NC)c1c(C)n(-c2cccc(C(F)(F)F)c2)c(=O)n1C(=O)NC1CCCC1)c1ccc(C#N)cc1. The number of nitriles is 1. The third-order valence-electron chi connectivity index (χ3n) is 6.61. The molecule has 1 amide bonds. The number of aromatic nitrogens is 2. The first-order chi connectivity index (χ1) is 18.6. The van der Waals surface area contributed by atoms with Gasteiger partial charge in [-0.05, 0) is 62.2 Å². The summed E-state index contributed by atoms with van der Waals surface area (Å²) in [6, 6.07) is 11.8. The van der Waals surface area contributed by atoms with Crippen LogP contribution < -0.4 is 16.0 Å². The molecular weight excluding hydrogens is 511 g/mol. The van der Waals surface area contributed by atoms with Crippen LogP contribution in [-0.2, 0) is 6.18 Å². The lowest BCUT2D eigenvalue weighted by atomic mass is 10.2. The van der Waals surface area contributed by atoms with Crippen molar-refractivity contribution >= 4 is 24.3 Å². The summed E-state index contributed by atoms with van der Waals surface area (Å²) in [5, 5.41) is 17.3. The Morgan fingerprint density at radius 2 is 1.85 bits per heavy atom. The van der Waals surface area contributed by atoms with Gasteiger partial charge in [-0.15, -0.1) is 0 Å². The van der Waals surface area contributed by atoms with Crippen LogP contribution in [0.15, 0.2) is 63.4 Å². The summed E-state index contributed by atoms with van der Waals surface area (Å²) in [4.78, 5) is 31.6. The van der Waals surface area contributed by atoms with Crippen LogP contribution in [0, 0.1) is 18.3 Å². The van der Waals surface area contributed by atoms with Gasteiger partial charge in [0.1, 0.15) is 5.69 Å². The topological polar surface area (TPSA) is 108 Å². The minimum absolute atomic E-state index is 0.0344. The van der Waals surface area contributed by atoms with Gasteiger partial charge in [0, 0.05) is 19.8 Å². The molecule has 0 unspecified atom stereocenters. The summed E-state index contributed by atoms with van der Waals surface area (Å²) in [6.07, 6.45) is -1.25. The number of aliphatic imine (C=N–C) groups is 1. The van der Waals surface area contributed by atoms with Gasteiger partial charge in [-0.25, -0.2) is 19.2 Å². The third-order valence-corrected chi connectivity index (χ3v) is 6.61. The molecule has 39 heavy (non-hydrogen) atoms. The van der Waals surface area contributed by atoms with Crippen LogP contribution in [0.4, 0.5) is 23.7 Å². The molecule has 202 valence electrons. The molecule has 3 aromatic rings. The highest BCUT2D eigenvalue weighted by molar-refractivity contribution is 6.11. The molecule has 9 nitrogen and oxygen atoms in total. The Labute approximate surface area is 222 Å². The fourth-order valence-electron chi connectivity index (χ4n) is 4.74. The van der Waals surface area contributed by atoms with Gasteiger partial charge in [-0.3, -0.25) is 9.56 Å². The van der Waals surface area contributed by atoms with Crippen LogP contribution in [0.5, 0.6) is 0 Å². The average Bonchev–Trinajstić information content (AvgIpc) is 3.52. The Bertz CT molecular complexity index is 1520. The van der Waals surface area contributed by atoms with Crippen molar-refractivity contribution in [3.05, 3.63) is 81.5 Å². The molecular formula is C27H26F3N7O2. The van der Waals surface area contributed by atoms with E-state index in [2.05, 4.69) is 22.1 Å². The summed E-state index contributed by atoms with van der Waals surface area (Å²) in [6.45, 7) is 5.11. The molecule has 0 spiro atoms. The largest absolute Gasteiger partial charge is 0.416 e. The van der Waals surface area contributed by atoms with E-state index in [1.165, 1.54) is 31.1 Å². The number of alkyl halides is 3. The number of amidine groups is 1. The maximum absolute atomic E-state index is 13.8. The maximum atomic E-state index is 13.8. The number of nitrogens with one attached hydrogen (secondary N) is 1. The summed E-state index contributed by atoms with van der Waals surface area (Å²) < 4.78 is 42.4. The van der Waals surface area contributed by atoms with Crippen molar-refractivity contribution in [3.8, 4) is 11.8 Å². The molecule has 1 aromatic heterocycles. The predicted molar refractivity (Wildman–Crippen MR) is 142 cm³/mol. The van der Waals surface area contributed by atoms with Gasteiger partial charge < -0.3 is 5.32 Å². The van der Waals surface area contributed by atoms with Gasteiger partial charge in [-0.2, -0.15) is 23.5 Å². The lowest BCUT2D eigenvalue weighted by Gasteiger charge is -2.22. The quantitative estimate of drug-likeness (QED) is 0.286. The Morgan fingerprint density at radius 3 is 2.41 bits per heavy atom. The van der Waals surface area contributed by atoms with Crippen LogP contribution in [0.1, 0.15) is 48.2 Å². The van der Waals surface area contributed by atoms with Gasteiger partial charge in [0.2, 0.25) is 0 Å². The van der Waals surface area contributed by atoms with Crippen LogP contribution in [-0.4, -0.2) is 40.8 Å². The van der Waals surface area contributed by atoms with Crippen LogP contribution >= 0.6 is 0 Å². The molecule has 12 heteroatoms. The smallest absolute Gasteiger partial charge is 0.335 e. The van der Waals surface area contributed by atoms with Crippen molar-refractivity contribution in [2.75, 3.05) is 12.1 Å². The number of rotatable bonds is 5. The Balaban J connectivity index is 1.93. The minimum Gasteiger partial charge on any atom is -0.335 e. The maximum Gasteiger partial charge on any atom is 0.416 e. The Kier molecular flexibility index (Phi) is 7.71. The van der Waals surface area contributed by atoms with Crippen molar-refractivity contribution in [3.63, 3.8) is 0 Å². The fourth-order valence-corrected chi connectivity index (χ4v) is 4.74. The van der Waals surface area contributed by atoms with Crippen LogP contribution in [0.25, 0.3) is 5.69 Å². The summed E-state index contributed by atoms with van der Waals surface area (Å²) >= 11 is 0. The van der Waals surface area contributed by atoms with Crippen molar-refractivity contribution in [1.82, 2.24) is 14.5 Å². The molecule has 1 fully saturated rings. The Morgan fingerprint density at radius 1 is 1.18 bits per heavy atom. The summed E-state index contributed by atoms with van der Waals surface area (Å²) in [5.41, 5.74) is -0.818. The molecule has 1 heterocycles. The molecule has 1 saturated carbocycles. The molecule has 0 atom stereocenters.